The van der Waals surface area contributed by atoms with E-state index in [1.807, 2.05) is 49.6 Å². The van der Waals surface area contributed by atoms with Crippen LogP contribution in [-0.2, 0) is 22.7 Å². The van der Waals surface area contributed by atoms with Gasteiger partial charge in [-0.15, -0.1) is 11.3 Å². The number of hydrogen-bond acceptors (Lipinski definition) is 13. The molecule has 1 unspecified atom stereocenters. The molecule has 324 valence electrons. The molecule has 0 bridgehead atoms. The zero-order valence-electron chi connectivity index (χ0n) is 34.9. The minimum atomic E-state index is -1.03. The topological polar surface area (TPSA) is 224 Å². The van der Waals surface area contributed by atoms with Crippen molar-refractivity contribution >= 4 is 69.7 Å². The highest BCUT2D eigenvalue weighted by Gasteiger charge is 2.45. The Morgan fingerprint density at radius 1 is 0.968 bits per heavy atom. The number of aliphatic hydroxyl groups excluding tert-OH is 1. The summed E-state index contributed by atoms with van der Waals surface area (Å²) < 4.78 is 1.80. The maximum Gasteiger partial charge on any atom is 0.319 e. The van der Waals surface area contributed by atoms with Crippen LogP contribution >= 0.6 is 11.3 Å². The Kier molecular flexibility index (Phi) is 12.5. The monoisotopic (exact) mass is 861 g/mol. The Labute approximate surface area is 362 Å². The van der Waals surface area contributed by atoms with Crippen molar-refractivity contribution in [2.45, 2.75) is 109 Å². The van der Waals surface area contributed by atoms with Crippen LogP contribution in [-0.4, -0.2) is 84.0 Å². The third-order valence-electron chi connectivity index (χ3n) is 11.8. The number of rotatable bonds is 15. The number of thiazole rings is 1. The number of fused-ring (bicyclic) bond motifs is 2. The molecule has 0 radical (unpaired) electrons. The fraction of sp³-hybridized carbons (Fsp3) is 0.409. The molecule has 8 rings (SSSR count). The van der Waals surface area contributed by atoms with Crippen LogP contribution in [0.2, 0.25) is 0 Å². The van der Waals surface area contributed by atoms with Crippen molar-refractivity contribution in [3.8, 4) is 0 Å². The van der Waals surface area contributed by atoms with E-state index in [-0.39, 0.29) is 60.5 Å². The number of piperidine rings is 1. The molecule has 1 aliphatic carbocycles. The Bertz CT molecular complexity index is 2490. The fourth-order valence-corrected chi connectivity index (χ4v) is 9.27. The third-order valence-corrected chi connectivity index (χ3v) is 12.9. The lowest BCUT2D eigenvalue weighted by molar-refractivity contribution is -0.136. The second-order valence-corrected chi connectivity index (χ2v) is 17.5. The van der Waals surface area contributed by atoms with Crippen molar-refractivity contribution in [2.75, 3.05) is 27.9 Å². The van der Waals surface area contributed by atoms with Gasteiger partial charge >= 0.3 is 6.03 Å². The number of benzene rings is 2. The summed E-state index contributed by atoms with van der Waals surface area (Å²) in [4.78, 5) is 75.3. The van der Waals surface area contributed by atoms with E-state index in [9.17, 15) is 29.1 Å². The highest BCUT2D eigenvalue weighted by molar-refractivity contribution is 7.11. The van der Waals surface area contributed by atoms with E-state index in [2.05, 4.69) is 50.8 Å². The van der Waals surface area contributed by atoms with Gasteiger partial charge in [0.15, 0.2) is 5.65 Å². The lowest BCUT2D eigenvalue weighted by Gasteiger charge is -2.28. The molecule has 1 saturated carbocycles. The molecular formula is C44H51N11O6S. The number of aromatic nitrogens is 4. The molecule has 5 heterocycles. The summed E-state index contributed by atoms with van der Waals surface area (Å²) >= 11 is 1.60. The van der Waals surface area contributed by atoms with Crippen LogP contribution in [0.5, 0.6) is 0 Å². The minimum absolute atomic E-state index is 0.00651. The number of amides is 6. The number of urea groups is 1. The Balaban J connectivity index is 0.800. The zero-order valence-corrected chi connectivity index (χ0v) is 35.7. The average molecular weight is 862 g/mol. The lowest BCUT2D eigenvalue weighted by Crippen LogP contribution is -2.54. The smallest absolute Gasteiger partial charge is 0.319 e. The van der Waals surface area contributed by atoms with Gasteiger partial charge < -0.3 is 31.7 Å². The maximum atomic E-state index is 13.5. The van der Waals surface area contributed by atoms with Gasteiger partial charge in [0.05, 0.1) is 41.5 Å². The molecule has 2 aromatic carbocycles. The van der Waals surface area contributed by atoms with Crippen LogP contribution in [0, 0.1) is 0 Å². The van der Waals surface area contributed by atoms with Gasteiger partial charge in [0.1, 0.15) is 17.7 Å². The Hall–Kier alpha value is -6.40. The molecule has 18 heteroatoms. The van der Waals surface area contributed by atoms with E-state index in [1.165, 1.54) is 0 Å². The van der Waals surface area contributed by atoms with E-state index in [1.54, 1.807) is 34.1 Å². The van der Waals surface area contributed by atoms with Gasteiger partial charge in [-0.3, -0.25) is 29.4 Å². The van der Waals surface area contributed by atoms with Crippen molar-refractivity contribution < 1.29 is 29.1 Å². The highest BCUT2D eigenvalue weighted by Crippen LogP contribution is 2.37. The van der Waals surface area contributed by atoms with Crippen LogP contribution in [0.4, 0.5) is 27.8 Å². The summed E-state index contributed by atoms with van der Waals surface area (Å²) in [6.07, 6.45) is 7.98. The normalized spacial score (nSPS) is 19.4. The molecule has 7 N–H and O–H groups in total. The SMILES string of the molecule is CC[C@@H](CO)Nc1cc(NCc2ccc(NC(=O)NC3CCC(c4ncc(CNc5cccc6c5C(=O)N(C5CCC(=O)NC5=O)C6=O)s4)CC3)cc2)n2ncc(C(C)C)c2n1. The molecule has 3 aliphatic rings. The van der Waals surface area contributed by atoms with Gasteiger partial charge in [-0.25, -0.2) is 14.8 Å². The fourth-order valence-electron chi connectivity index (χ4n) is 8.25. The highest BCUT2D eigenvalue weighted by atomic mass is 32.1. The summed E-state index contributed by atoms with van der Waals surface area (Å²) in [7, 11) is 0. The van der Waals surface area contributed by atoms with E-state index in [4.69, 9.17) is 9.97 Å². The van der Waals surface area contributed by atoms with Crippen LogP contribution in [0.25, 0.3) is 5.65 Å². The summed E-state index contributed by atoms with van der Waals surface area (Å²) in [5.41, 5.74) is 4.44. The molecule has 2 fully saturated rings. The summed E-state index contributed by atoms with van der Waals surface area (Å²) in [6, 6.07) is 13.3. The molecule has 1 saturated heterocycles. The number of anilines is 4. The molecule has 5 aromatic rings. The third kappa shape index (κ3) is 8.97. The van der Waals surface area contributed by atoms with Crippen LogP contribution < -0.4 is 31.9 Å². The number of hydrogen-bond donors (Lipinski definition) is 7. The Morgan fingerprint density at radius 2 is 1.76 bits per heavy atom. The average Bonchev–Trinajstić information content (AvgIpc) is 3.99. The van der Waals surface area contributed by atoms with Gasteiger partial charge in [0.25, 0.3) is 11.8 Å². The van der Waals surface area contributed by atoms with Gasteiger partial charge in [-0.2, -0.15) is 9.61 Å². The van der Waals surface area contributed by atoms with Crippen molar-refractivity contribution in [3.63, 3.8) is 0 Å². The van der Waals surface area contributed by atoms with E-state index in [0.29, 0.717) is 30.3 Å². The van der Waals surface area contributed by atoms with Gasteiger partial charge in [0.2, 0.25) is 11.8 Å². The first-order chi connectivity index (χ1) is 30.0. The van der Waals surface area contributed by atoms with Crippen molar-refractivity contribution in [1.82, 2.24) is 35.1 Å². The first kappa shape index (κ1) is 42.3. The van der Waals surface area contributed by atoms with E-state index >= 15 is 0 Å². The first-order valence-corrected chi connectivity index (χ1v) is 22.0. The number of nitrogens with one attached hydrogen (secondary N) is 6. The molecule has 3 aromatic heterocycles. The summed E-state index contributed by atoms with van der Waals surface area (Å²) in [6.45, 7) is 7.15. The predicted octanol–water partition coefficient (Wildman–Crippen LogP) is 5.97. The molecule has 17 nitrogen and oxygen atoms in total. The van der Waals surface area contributed by atoms with Crippen LogP contribution in [0.3, 0.4) is 0 Å². The first-order valence-electron chi connectivity index (χ1n) is 21.2. The van der Waals surface area contributed by atoms with E-state index in [0.717, 1.165) is 69.5 Å². The van der Waals surface area contributed by atoms with Crippen molar-refractivity contribution in [1.29, 1.82) is 0 Å². The zero-order chi connectivity index (χ0) is 43.5. The number of aliphatic hydroxyl groups is 1. The summed E-state index contributed by atoms with van der Waals surface area (Å²) in [5, 5.41) is 33.8. The molecule has 62 heavy (non-hydrogen) atoms. The van der Waals surface area contributed by atoms with Gasteiger partial charge in [-0.1, -0.05) is 39.0 Å². The number of imide groups is 2. The number of carbonyl (C=O) groups is 5. The molecule has 0 spiro atoms. The molecule has 2 aliphatic heterocycles. The second-order valence-electron chi connectivity index (χ2n) is 16.3. The molecule has 6 amide bonds. The maximum absolute atomic E-state index is 13.5. The molecular weight excluding hydrogens is 811 g/mol. The minimum Gasteiger partial charge on any atom is -0.394 e. The van der Waals surface area contributed by atoms with Gasteiger partial charge in [0, 0.05) is 59.0 Å². The summed E-state index contributed by atoms with van der Waals surface area (Å²) in [5.74, 6) is -0.213. The molecule has 2 atom stereocenters. The van der Waals surface area contributed by atoms with Gasteiger partial charge in [-0.05, 0) is 74.3 Å². The van der Waals surface area contributed by atoms with E-state index < -0.39 is 29.7 Å². The number of carbonyl (C=O) groups excluding carboxylic acids is 5. The van der Waals surface area contributed by atoms with Crippen molar-refractivity contribution in [3.05, 3.63) is 93.1 Å². The second kappa shape index (κ2) is 18.3. The van der Waals surface area contributed by atoms with Crippen molar-refractivity contribution in [2.24, 2.45) is 0 Å². The standard InChI is InChI=1S/C44H51N11O6S/c1-4-27(23-56)49-35-18-36(55-39(52-35)32(22-48-55)24(2)3)46-19-25-8-12-28(13-9-25)50-44(61)51-29-14-10-26(11-15-29)41-47-21-30(62-41)20-45-33-7-5-6-31-38(33)43(60)54(42(31)59)34-16-17-37(57)53-40(34)58/h5-9,12-13,18,21-22,24,26-27,29,34,45-46,56H,4,10-11,14-17,19-20,23H2,1-3H3,(H,49,52)(H2,50,51,61)(H,53,57,58)/t26?,27-,29?,34?/m0/s1. The Morgan fingerprint density at radius 3 is 2.48 bits per heavy atom. The van der Waals surface area contributed by atoms with Crippen LogP contribution in [0.15, 0.2) is 60.9 Å². The lowest BCUT2D eigenvalue weighted by atomic mass is 9.86. The quantitative estimate of drug-likeness (QED) is 0.0606. The number of nitrogens with zero attached hydrogens (tertiary/aromatic N) is 5. The largest absolute Gasteiger partial charge is 0.394 e. The predicted molar refractivity (Wildman–Crippen MR) is 235 cm³/mol. The van der Waals surface area contributed by atoms with Crippen LogP contribution in [0.1, 0.15) is 119 Å².